The molecule has 0 unspecified atom stereocenters. The Morgan fingerprint density at radius 3 is 2.13 bits per heavy atom. The van der Waals surface area contributed by atoms with E-state index in [1.165, 1.54) is 27.4 Å². The number of methoxy groups -OCH3 is 3. The first-order valence-electron chi connectivity index (χ1n) is 10.3. The van der Waals surface area contributed by atoms with E-state index in [0.717, 1.165) is 0 Å². The van der Waals surface area contributed by atoms with Gasteiger partial charge in [0.25, 0.3) is 0 Å². The second-order valence-electron chi connectivity index (χ2n) is 7.36. The molecule has 1 aromatic heterocycles. The Morgan fingerprint density at radius 1 is 0.968 bits per heavy atom. The monoisotopic (exact) mass is 428 g/mol. The average molecular weight is 428 g/mol. The van der Waals surface area contributed by atoms with Crippen molar-refractivity contribution in [1.29, 1.82) is 0 Å². The van der Waals surface area contributed by atoms with Gasteiger partial charge in [0.05, 0.1) is 32.3 Å². The topological polar surface area (TPSA) is 95.2 Å². The van der Waals surface area contributed by atoms with E-state index in [2.05, 4.69) is 0 Å². The fourth-order valence-corrected chi connectivity index (χ4v) is 4.35. The van der Waals surface area contributed by atoms with Crippen LogP contribution < -0.4 is 19.6 Å². The van der Waals surface area contributed by atoms with E-state index in [0.29, 0.717) is 42.1 Å². The summed E-state index contributed by atoms with van der Waals surface area (Å²) >= 11 is 0. The Balaban J connectivity index is 2.39. The van der Waals surface area contributed by atoms with Crippen molar-refractivity contribution in [2.24, 2.45) is 0 Å². The zero-order chi connectivity index (χ0) is 22.9. The third-order valence-electron chi connectivity index (χ3n) is 6.14. The molecule has 3 rings (SSSR count). The van der Waals surface area contributed by atoms with E-state index in [9.17, 15) is 14.7 Å². The van der Waals surface area contributed by atoms with Crippen LogP contribution in [0.5, 0.6) is 17.2 Å². The first-order chi connectivity index (χ1) is 14.8. The molecule has 31 heavy (non-hydrogen) atoms. The standard InChI is InChI=1S/C24H28O7/c1-7-13-19(26)18-15(25)12-17(31-23(18)24(8-2,9-3)22(13)27)14-10-11-16(28-4)21(30-6)20(14)29-5/h10-12,26H,7-9H2,1-6H3. The van der Waals surface area contributed by atoms with E-state index in [1.54, 1.807) is 19.1 Å². The molecule has 0 saturated carbocycles. The second-order valence-corrected chi connectivity index (χ2v) is 7.36. The molecule has 0 radical (unpaired) electrons. The van der Waals surface area contributed by atoms with Crippen LogP contribution >= 0.6 is 0 Å². The van der Waals surface area contributed by atoms with Crippen molar-refractivity contribution in [2.45, 2.75) is 45.4 Å². The van der Waals surface area contributed by atoms with Crippen LogP contribution in [-0.2, 0) is 10.2 Å². The summed E-state index contributed by atoms with van der Waals surface area (Å²) in [4.78, 5) is 26.5. The van der Waals surface area contributed by atoms with Gasteiger partial charge in [0.1, 0.15) is 22.8 Å². The predicted molar refractivity (Wildman–Crippen MR) is 117 cm³/mol. The average Bonchev–Trinajstić information content (AvgIpc) is 2.78. The molecule has 1 aliphatic rings. The van der Waals surface area contributed by atoms with Crippen LogP contribution in [0.25, 0.3) is 17.1 Å². The van der Waals surface area contributed by atoms with Gasteiger partial charge in [-0.2, -0.15) is 0 Å². The second kappa shape index (κ2) is 8.49. The largest absolute Gasteiger partial charge is 0.507 e. The smallest absolute Gasteiger partial charge is 0.204 e. The molecule has 0 fully saturated rings. The summed E-state index contributed by atoms with van der Waals surface area (Å²) in [6.07, 6.45) is 1.19. The molecule has 1 aromatic carbocycles. The number of Topliss-reactive ketones (excluding diaryl/α,β-unsaturated/α-hetero) is 1. The molecule has 7 nitrogen and oxygen atoms in total. The molecular weight excluding hydrogens is 400 g/mol. The highest BCUT2D eigenvalue weighted by molar-refractivity contribution is 6.10. The van der Waals surface area contributed by atoms with E-state index in [4.69, 9.17) is 18.6 Å². The molecule has 0 bridgehead atoms. The van der Waals surface area contributed by atoms with Crippen molar-refractivity contribution in [2.75, 3.05) is 21.3 Å². The van der Waals surface area contributed by atoms with Gasteiger partial charge in [0.2, 0.25) is 5.75 Å². The molecule has 1 aliphatic carbocycles. The number of hydrogen-bond acceptors (Lipinski definition) is 7. The Morgan fingerprint density at radius 2 is 1.61 bits per heavy atom. The minimum Gasteiger partial charge on any atom is -0.507 e. The summed E-state index contributed by atoms with van der Waals surface area (Å²) in [6.45, 7) is 5.55. The van der Waals surface area contributed by atoms with Crippen LogP contribution in [0.3, 0.4) is 0 Å². The van der Waals surface area contributed by atoms with Crippen LogP contribution in [0.4, 0.5) is 0 Å². The van der Waals surface area contributed by atoms with E-state index in [-0.39, 0.29) is 34.2 Å². The Labute approximate surface area is 181 Å². The number of ether oxygens (including phenoxy) is 3. The number of aliphatic hydroxyl groups excluding tert-OH is 1. The molecule has 0 aliphatic heterocycles. The highest BCUT2D eigenvalue weighted by atomic mass is 16.5. The minimum atomic E-state index is -1.02. The van der Waals surface area contributed by atoms with Gasteiger partial charge < -0.3 is 23.7 Å². The Bertz CT molecular complexity index is 1100. The van der Waals surface area contributed by atoms with Gasteiger partial charge in [0, 0.05) is 11.6 Å². The summed E-state index contributed by atoms with van der Waals surface area (Å²) in [7, 11) is 4.48. The maximum Gasteiger partial charge on any atom is 0.204 e. The molecule has 1 N–H and O–H groups in total. The summed E-state index contributed by atoms with van der Waals surface area (Å²) in [6, 6.07) is 4.68. The SMILES string of the molecule is CCC1=C(O)c2c(oc(-c3ccc(OC)c(OC)c3OC)cc2=O)C(CC)(CC)C1=O. The third kappa shape index (κ3) is 3.19. The van der Waals surface area contributed by atoms with Crippen LogP contribution in [0, 0.1) is 0 Å². The van der Waals surface area contributed by atoms with Crippen LogP contribution in [0.2, 0.25) is 0 Å². The normalized spacial score (nSPS) is 15.0. The number of hydrogen-bond donors (Lipinski definition) is 1. The predicted octanol–water partition coefficient (Wildman–Crippen LogP) is 4.65. The molecule has 0 saturated heterocycles. The number of allylic oxidation sites excluding steroid dienone is 1. The van der Waals surface area contributed by atoms with Gasteiger partial charge >= 0.3 is 0 Å². The molecule has 7 heteroatoms. The highest BCUT2D eigenvalue weighted by Gasteiger charge is 2.48. The maximum atomic E-state index is 13.3. The molecule has 166 valence electrons. The van der Waals surface area contributed by atoms with E-state index in [1.807, 2.05) is 13.8 Å². The van der Waals surface area contributed by atoms with Crippen LogP contribution in [0.1, 0.15) is 51.4 Å². The van der Waals surface area contributed by atoms with Crippen molar-refractivity contribution in [3.05, 3.63) is 45.3 Å². The summed E-state index contributed by atoms with van der Waals surface area (Å²) in [5.41, 5.74) is -0.650. The molecule has 1 heterocycles. The van der Waals surface area contributed by atoms with Gasteiger partial charge in [-0.3, -0.25) is 9.59 Å². The highest BCUT2D eigenvalue weighted by Crippen LogP contribution is 2.47. The number of rotatable bonds is 7. The summed E-state index contributed by atoms with van der Waals surface area (Å²) < 4.78 is 22.5. The Hall–Kier alpha value is -3.22. The minimum absolute atomic E-state index is 0.0587. The fraction of sp³-hybridized carbons (Fsp3) is 0.417. The van der Waals surface area contributed by atoms with E-state index < -0.39 is 10.8 Å². The van der Waals surface area contributed by atoms with Gasteiger partial charge in [-0.1, -0.05) is 20.8 Å². The van der Waals surface area contributed by atoms with Crippen LogP contribution in [-0.4, -0.2) is 32.2 Å². The molecule has 0 atom stereocenters. The lowest BCUT2D eigenvalue weighted by Gasteiger charge is -2.35. The van der Waals surface area contributed by atoms with Gasteiger partial charge in [-0.05, 0) is 31.4 Å². The van der Waals surface area contributed by atoms with Gasteiger partial charge in [0.15, 0.2) is 22.7 Å². The quantitative estimate of drug-likeness (QED) is 0.686. The fourth-order valence-electron chi connectivity index (χ4n) is 4.35. The zero-order valence-electron chi connectivity index (χ0n) is 18.8. The van der Waals surface area contributed by atoms with Crippen molar-refractivity contribution < 1.29 is 28.5 Å². The zero-order valence-corrected chi connectivity index (χ0v) is 18.8. The van der Waals surface area contributed by atoms with Crippen molar-refractivity contribution in [3.63, 3.8) is 0 Å². The lowest BCUT2D eigenvalue weighted by Crippen LogP contribution is -2.41. The number of carbonyl (C=O) groups is 1. The van der Waals surface area contributed by atoms with E-state index >= 15 is 0 Å². The summed E-state index contributed by atoms with van der Waals surface area (Å²) in [5.74, 6) is 1.06. The van der Waals surface area contributed by atoms with Crippen LogP contribution in [0.15, 0.2) is 33.0 Å². The number of aliphatic hydroxyl groups is 1. The van der Waals surface area contributed by atoms with Crippen molar-refractivity contribution >= 4 is 11.5 Å². The number of benzene rings is 1. The van der Waals surface area contributed by atoms with Gasteiger partial charge in [-0.15, -0.1) is 0 Å². The lowest BCUT2D eigenvalue weighted by atomic mass is 9.68. The lowest BCUT2D eigenvalue weighted by molar-refractivity contribution is -0.122. The first kappa shape index (κ1) is 22.5. The van der Waals surface area contributed by atoms with Gasteiger partial charge in [-0.25, -0.2) is 0 Å². The number of carbonyl (C=O) groups excluding carboxylic acids is 1. The number of fused-ring (bicyclic) bond motifs is 1. The van der Waals surface area contributed by atoms with Crippen molar-refractivity contribution in [3.8, 4) is 28.6 Å². The molecule has 0 amide bonds. The Kier molecular flexibility index (Phi) is 6.15. The third-order valence-corrected chi connectivity index (χ3v) is 6.14. The molecular formula is C24H28O7. The van der Waals surface area contributed by atoms with Crippen molar-refractivity contribution in [1.82, 2.24) is 0 Å². The number of ketones is 1. The molecule has 0 spiro atoms. The first-order valence-corrected chi connectivity index (χ1v) is 10.3. The molecule has 2 aromatic rings. The summed E-state index contributed by atoms with van der Waals surface area (Å²) in [5, 5.41) is 10.7. The maximum absolute atomic E-state index is 13.3.